The number of rotatable bonds is 3. The molecule has 3 N–H and O–H groups in total. The maximum Gasteiger partial charge on any atom is 0.0523 e. The summed E-state index contributed by atoms with van der Waals surface area (Å²) < 4.78 is 1.12. The Balaban J connectivity index is 2.26. The van der Waals surface area contributed by atoms with Crippen molar-refractivity contribution in [3.8, 4) is 0 Å². The lowest BCUT2D eigenvalue weighted by Crippen LogP contribution is -2.54. The molecule has 0 saturated heterocycles. The molecule has 19 heavy (non-hydrogen) atoms. The maximum absolute atomic E-state index is 6.14. The Morgan fingerprint density at radius 3 is 2.68 bits per heavy atom. The number of anilines is 1. The van der Waals surface area contributed by atoms with E-state index in [0.717, 1.165) is 16.8 Å². The van der Waals surface area contributed by atoms with Gasteiger partial charge in [0.1, 0.15) is 0 Å². The minimum absolute atomic E-state index is 0.0465. The second kappa shape index (κ2) is 5.84. The van der Waals surface area contributed by atoms with Gasteiger partial charge in [0, 0.05) is 16.7 Å². The highest BCUT2D eigenvalue weighted by Crippen LogP contribution is 2.39. The number of aryl methyl sites for hydroxylation is 1. The molecule has 2 rings (SSSR count). The molecule has 0 spiro atoms. The molecule has 0 amide bonds. The molecule has 0 aromatic heterocycles. The highest BCUT2D eigenvalue weighted by Gasteiger charge is 2.39. The Morgan fingerprint density at radius 2 is 2.05 bits per heavy atom. The van der Waals surface area contributed by atoms with Crippen molar-refractivity contribution < 1.29 is 0 Å². The average molecular weight is 325 g/mol. The van der Waals surface area contributed by atoms with Gasteiger partial charge in [-0.2, -0.15) is 0 Å². The van der Waals surface area contributed by atoms with E-state index in [2.05, 4.69) is 60.2 Å². The normalized spacial score (nSPS) is 31.2. The predicted molar refractivity (Wildman–Crippen MR) is 86.5 cm³/mol. The number of halogens is 1. The van der Waals surface area contributed by atoms with Crippen LogP contribution in [-0.2, 0) is 0 Å². The van der Waals surface area contributed by atoms with Gasteiger partial charge in [-0.3, -0.25) is 0 Å². The largest absolute Gasteiger partial charge is 0.378 e. The molecule has 106 valence electrons. The van der Waals surface area contributed by atoms with E-state index in [4.69, 9.17) is 5.73 Å². The highest BCUT2D eigenvalue weighted by atomic mass is 79.9. The standard InChI is InChI=1S/C16H25BrN2/c1-11-4-5-13(3)16(9-11,10-18)19-15-7-12(2)6-14(17)8-15/h6-8,11,13,19H,4-5,9-10,18H2,1-3H3. The van der Waals surface area contributed by atoms with Crippen LogP contribution >= 0.6 is 15.9 Å². The lowest BCUT2D eigenvalue weighted by Gasteiger charge is -2.46. The molecule has 1 saturated carbocycles. The van der Waals surface area contributed by atoms with Crippen LogP contribution in [0.4, 0.5) is 5.69 Å². The van der Waals surface area contributed by atoms with Crippen LogP contribution in [0, 0.1) is 18.8 Å². The van der Waals surface area contributed by atoms with Gasteiger partial charge in [-0.05, 0) is 55.4 Å². The van der Waals surface area contributed by atoms with Crippen LogP contribution in [0.25, 0.3) is 0 Å². The molecule has 0 radical (unpaired) electrons. The van der Waals surface area contributed by atoms with Gasteiger partial charge in [-0.1, -0.05) is 36.2 Å². The number of hydrogen-bond acceptors (Lipinski definition) is 2. The summed E-state index contributed by atoms with van der Waals surface area (Å²) in [6, 6.07) is 6.48. The van der Waals surface area contributed by atoms with Crippen LogP contribution < -0.4 is 11.1 Å². The summed E-state index contributed by atoms with van der Waals surface area (Å²) in [5.74, 6) is 1.37. The highest BCUT2D eigenvalue weighted by molar-refractivity contribution is 9.10. The van der Waals surface area contributed by atoms with E-state index in [9.17, 15) is 0 Å². The van der Waals surface area contributed by atoms with Gasteiger partial charge in [0.25, 0.3) is 0 Å². The third-order valence-electron chi connectivity index (χ3n) is 4.55. The molecule has 0 aliphatic heterocycles. The minimum Gasteiger partial charge on any atom is -0.378 e. The van der Waals surface area contributed by atoms with E-state index >= 15 is 0 Å². The Bertz CT molecular complexity index is 426. The first kappa shape index (κ1) is 14.9. The molecule has 1 fully saturated rings. The van der Waals surface area contributed by atoms with Crippen molar-refractivity contribution in [1.29, 1.82) is 0 Å². The van der Waals surface area contributed by atoms with Gasteiger partial charge < -0.3 is 11.1 Å². The molecular weight excluding hydrogens is 300 g/mol. The summed E-state index contributed by atoms with van der Waals surface area (Å²) in [5, 5.41) is 3.75. The summed E-state index contributed by atoms with van der Waals surface area (Å²) in [7, 11) is 0. The molecule has 3 unspecified atom stereocenters. The van der Waals surface area contributed by atoms with Crippen LogP contribution in [0.5, 0.6) is 0 Å². The number of hydrogen-bond donors (Lipinski definition) is 2. The lowest BCUT2D eigenvalue weighted by molar-refractivity contribution is 0.188. The average Bonchev–Trinajstić information content (AvgIpc) is 2.32. The molecule has 1 aliphatic carbocycles. The first-order chi connectivity index (χ1) is 8.95. The van der Waals surface area contributed by atoms with Crippen LogP contribution in [0.15, 0.2) is 22.7 Å². The third kappa shape index (κ3) is 3.32. The SMILES string of the molecule is Cc1cc(Br)cc(NC2(CN)CC(C)CCC2C)c1. The van der Waals surface area contributed by atoms with Crippen molar-refractivity contribution in [2.75, 3.05) is 11.9 Å². The van der Waals surface area contributed by atoms with Crippen LogP contribution in [0.2, 0.25) is 0 Å². The quantitative estimate of drug-likeness (QED) is 0.868. The van der Waals surface area contributed by atoms with Crippen molar-refractivity contribution >= 4 is 21.6 Å². The molecule has 0 heterocycles. The third-order valence-corrected chi connectivity index (χ3v) is 5.01. The van der Waals surface area contributed by atoms with Crippen molar-refractivity contribution in [1.82, 2.24) is 0 Å². The Labute approximate surface area is 125 Å². The topological polar surface area (TPSA) is 38.0 Å². The van der Waals surface area contributed by atoms with Crippen molar-refractivity contribution in [3.05, 3.63) is 28.2 Å². The molecule has 0 bridgehead atoms. The van der Waals surface area contributed by atoms with E-state index in [1.54, 1.807) is 0 Å². The second-order valence-corrected chi connectivity index (χ2v) is 7.21. The first-order valence-electron chi connectivity index (χ1n) is 7.20. The van der Waals surface area contributed by atoms with Gasteiger partial charge in [-0.25, -0.2) is 0 Å². The summed E-state index contributed by atoms with van der Waals surface area (Å²) in [5.41, 5.74) is 8.63. The zero-order valence-corrected chi connectivity index (χ0v) is 13.8. The maximum atomic E-state index is 6.14. The van der Waals surface area contributed by atoms with E-state index < -0.39 is 0 Å². The first-order valence-corrected chi connectivity index (χ1v) is 8.00. The zero-order valence-electron chi connectivity index (χ0n) is 12.2. The fourth-order valence-corrected chi connectivity index (χ4v) is 3.95. The Hall–Kier alpha value is -0.540. The van der Waals surface area contributed by atoms with Gasteiger partial charge >= 0.3 is 0 Å². The smallest absolute Gasteiger partial charge is 0.0523 e. The Kier molecular flexibility index (Phi) is 4.57. The van der Waals surface area contributed by atoms with Gasteiger partial charge in [-0.15, -0.1) is 0 Å². The molecular formula is C16H25BrN2. The minimum atomic E-state index is 0.0465. The lowest BCUT2D eigenvalue weighted by atomic mass is 9.69. The molecule has 3 heteroatoms. The van der Waals surface area contributed by atoms with Crippen molar-refractivity contribution in [2.45, 2.75) is 45.6 Å². The molecule has 1 aromatic carbocycles. The second-order valence-electron chi connectivity index (χ2n) is 6.29. The summed E-state index contributed by atoms with van der Waals surface area (Å²) in [4.78, 5) is 0. The summed E-state index contributed by atoms with van der Waals surface area (Å²) >= 11 is 3.57. The van der Waals surface area contributed by atoms with Crippen molar-refractivity contribution in [2.24, 2.45) is 17.6 Å². The van der Waals surface area contributed by atoms with Crippen LogP contribution in [0.3, 0.4) is 0 Å². The van der Waals surface area contributed by atoms with Crippen LogP contribution in [0.1, 0.15) is 38.7 Å². The zero-order chi connectivity index (χ0) is 14.0. The fraction of sp³-hybridized carbons (Fsp3) is 0.625. The monoisotopic (exact) mass is 324 g/mol. The summed E-state index contributed by atoms with van der Waals surface area (Å²) in [6.07, 6.45) is 3.75. The van der Waals surface area contributed by atoms with Crippen molar-refractivity contribution in [3.63, 3.8) is 0 Å². The number of benzene rings is 1. The summed E-state index contributed by atoms with van der Waals surface area (Å²) in [6.45, 7) is 7.49. The van der Waals surface area contributed by atoms with Crippen LogP contribution in [-0.4, -0.2) is 12.1 Å². The fourth-order valence-electron chi connectivity index (χ4n) is 3.34. The van der Waals surface area contributed by atoms with Gasteiger partial charge in [0.2, 0.25) is 0 Å². The van der Waals surface area contributed by atoms with Gasteiger partial charge in [0.15, 0.2) is 0 Å². The Morgan fingerprint density at radius 1 is 1.32 bits per heavy atom. The molecule has 2 nitrogen and oxygen atoms in total. The molecule has 1 aliphatic rings. The molecule has 3 atom stereocenters. The van der Waals surface area contributed by atoms with E-state index in [1.165, 1.54) is 24.1 Å². The van der Waals surface area contributed by atoms with Gasteiger partial charge in [0.05, 0.1) is 5.54 Å². The predicted octanol–water partition coefficient (Wildman–Crippen LogP) is 4.32. The number of nitrogens with two attached hydrogens (primary N) is 1. The van der Waals surface area contributed by atoms with E-state index in [-0.39, 0.29) is 5.54 Å². The number of nitrogens with one attached hydrogen (secondary N) is 1. The van der Waals surface area contributed by atoms with E-state index in [0.29, 0.717) is 12.5 Å². The van der Waals surface area contributed by atoms with E-state index in [1.807, 2.05) is 0 Å². The molecule has 1 aromatic rings.